The van der Waals surface area contributed by atoms with Gasteiger partial charge < -0.3 is 15.0 Å². The second kappa shape index (κ2) is 8.20. The van der Waals surface area contributed by atoms with E-state index in [4.69, 9.17) is 4.74 Å². The summed E-state index contributed by atoms with van der Waals surface area (Å²) < 4.78 is 6.46. The Balaban J connectivity index is 1.77. The molecule has 0 saturated heterocycles. The van der Waals surface area contributed by atoms with Gasteiger partial charge in [-0.15, -0.1) is 0 Å². The lowest BCUT2D eigenvalue weighted by Crippen LogP contribution is -2.25. The molecule has 1 amide bonds. The first-order valence-corrected chi connectivity index (χ1v) is 8.14. The lowest BCUT2D eigenvalue weighted by atomic mass is 10.2. The van der Waals surface area contributed by atoms with Crippen LogP contribution in [0.25, 0.3) is 10.9 Å². The monoisotopic (exact) mass is 352 g/mol. The van der Waals surface area contributed by atoms with Gasteiger partial charge in [-0.25, -0.2) is 0 Å². The van der Waals surface area contributed by atoms with Gasteiger partial charge in [-0.05, 0) is 37.1 Å². The fourth-order valence-corrected chi connectivity index (χ4v) is 2.42. The topological polar surface area (TPSA) is 54.1 Å². The quantitative estimate of drug-likeness (QED) is 0.708. The number of carbonyl (C=O) groups excluding carboxylic acids is 1. The van der Waals surface area contributed by atoms with E-state index in [-0.39, 0.29) is 5.91 Å². The van der Waals surface area contributed by atoms with Crippen molar-refractivity contribution in [2.45, 2.75) is 26.2 Å². The van der Waals surface area contributed by atoms with E-state index in [1.807, 2.05) is 24.3 Å². The number of hydrogen-bond donors (Lipinski definition) is 2. The van der Waals surface area contributed by atoms with Crippen molar-refractivity contribution in [3.63, 3.8) is 0 Å². The van der Waals surface area contributed by atoms with Crippen molar-refractivity contribution in [3.8, 4) is 0 Å². The minimum Gasteiger partial charge on any atom is -0.381 e. The number of aromatic nitrogens is 1. The fourth-order valence-electron chi connectivity index (χ4n) is 2.05. The van der Waals surface area contributed by atoms with Crippen LogP contribution in [0.2, 0.25) is 0 Å². The Labute approximate surface area is 133 Å². The maximum atomic E-state index is 12.0. The van der Waals surface area contributed by atoms with Gasteiger partial charge in [-0.2, -0.15) is 0 Å². The number of H-pyrrole nitrogens is 1. The van der Waals surface area contributed by atoms with Gasteiger partial charge in [0.2, 0.25) is 0 Å². The van der Waals surface area contributed by atoms with Crippen molar-refractivity contribution in [3.05, 3.63) is 34.4 Å². The average Bonchev–Trinajstić information content (AvgIpc) is 2.89. The molecule has 2 rings (SSSR count). The zero-order valence-electron chi connectivity index (χ0n) is 12.2. The van der Waals surface area contributed by atoms with Gasteiger partial charge in [0.25, 0.3) is 5.91 Å². The van der Waals surface area contributed by atoms with E-state index in [2.05, 4.69) is 33.2 Å². The van der Waals surface area contributed by atoms with E-state index in [1.54, 1.807) is 0 Å². The molecule has 0 saturated carbocycles. The van der Waals surface area contributed by atoms with Gasteiger partial charge in [0.05, 0.1) is 0 Å². The predicted octanol–water partition coefficient (Wildman–Crippen LogP) is 3.87. The molecule has 0 spiro atoms. The number of ether oxygens (including phenoxy) is 1. The summed E-state index contributed by atoms with van der Waals surface area (Å²) in [7, 11) is 0. The van der Waals surface area contributed by atoms with Gasteiger partial charge in [-0.3, -0.25) is 4.79 Å². The van der Waals surface area contributed by atoms with Gasteiger partial charge in [-0.1, -0.05) is 29.3 Å². The first-order valence-electron chi connectivity index (χ1n) is 7.35. The molecule has 1 heterocycles. The zero-order chi connectivity index (χ0) is 15.1. The number of hydrogen-bond acceptors (Lipinski definition) is 2. The number of amides is 1. The number of rotatable bonds is 8. The third kappa shape index (κ3) is 4.86. The molecule has 4 nitrogen and oxygen atoms in total. The molecule has 5 heteroatoms. The summed E-state index contributed by atoms with van der Waals surface area (Å²) in [4.78, 5) is 15.2. The first kappa shape index (κ1) is 16.0. The smallest absolute Gasteiger partial charge is 0.267 e. The molecule has 114 valence electrons. The molecule has 2 N–H and O–H groups in total. The Hall–Kier alpha value is -1.33. The molecule has 0 aliphatic carbocycles. The summed E-state index contributed by atoms with van der Waals surface area (Å²) in [5.41, 5.74) is 1.56. The number of unbranched alkanes of at least 4 members (excludes halogenated alkanes) is 1. The van der Waals surface area contributed by atoms with Crippen LogP contribution in [-0.2, 0) is 4.74 Å². The largest absolute Gasteiger partial charge is 0.381 e. The van der Waals surface area contributed by atoms with Gasteiger partial charge >= 0.3 is 0 Å². The number of aromatic amines is 1. The highest BCUT2D eigenvalue weighted by atomic mass is 79.9. The van der Waals surface area contributed by atoms with E-state index < -0.39 is 0 Å². The Morgan fingerprint density at radius 2 is 2.10 bits per heavy atom. The van der Waals surface area contributed by atoms with Crippen molar-refractivity contribution < 1.29 is 9.53 Å². The maximum absolute atomic E-state index is 12.0. The molecule has 0 unspecified atom stereocenters. The van der Waals surface area contributed by atoms with Crippen LogP contribution in [0.5, 0.6) is 0 Å². The minimum absolute atomic E-state index is 0.0733. The summed E-state index contributed by atoms with van der Waals surface area (Å²) in [6.07, 6.45) is 3.07. The molecule has 0 aliphatic heterocycles. The lowest BCUT2D eigenvalue weighted by Gasteiger charge is -2.04. The maximum Gasteiger partial charge on any atom is 0.267 e. The van der Waals surface area contributed by atoms with Crippen LogP contribution in [0.3, 0.4) is 0 Å². The fraction of sp³-hybridized carbons (Fsp3) is 0.438. The number of fused-ring (bicyclic) bond motifs is 1. The molecule has 1 aromatic carbocycles. The molecule has 0 bridgehead atoms. The van der Waals surface area contributed by atoms with Crippen LogP contribution in [-0.4, -0.2) is 30.6 Å². The van der Waals surface area contributed by atoms with E-state index in [0.29, 0.717) is 18.8 Å². The number of carbonyl (C=O) groups is 1. The first-order chi connectivity index (χ1) is 10.2. The molecular formula is C16H21BrN2O2. The van der Waals surface area contributed by atoms with Crippen molar-refractivity contribution in [1.29, 1.82) is 0 Å². The number of nitrogens with one attached hydrogen (secondary N) is 2. The van der Waals surface area contributed by atoms with Gasteiger partial charge in [0.15, 0.2) is 0 Å². The van der Waals surface area contributed by atoms with Crippen molar-refractivity contribution in [2.24, 2.45) is 0 Å². The van der Waals surface area contributed by atoms with Crippen molar-refractivity contribution >= 4 is 32.7 Å². The molecule has 0 fully saturated rings. The number of benzene rings is 1. The predicted molar refractivity (Wildman–Crippen MR) is 88.7 cm³/mol. The Bertz CT molecular complexity index is 595. The Morgan fingerprint density at radius 3 is 2.90 bits per heavy atom. The highest BCUT2D eigenvalue weighted by molar-refractivity contribution is 9.10. The van der Waals surface area contributed by atoms with Gasteiger partial charge in [0, 0.05) is 35.1 Å². The number of halogens is 1. The van der Waals surface area contributed by atoms with Crippen LogP contribution >= 0.6 is 15.9 Å². The average molecular weight is 353 g/mol. The van der Waals surface area contributed by atoms with Crippen LogP contribution in [0, 0.1) is 0 Å². The van der Waals surface area contributed by atoms with Crippen LogP contribution in [0.1, 0.15) is 36.7 Å². The molecule has 2 aromatic rings. The normalized spacial score (nSPS) is 11.0. The molecule has 1 aromatic heterocycles. The minimum atomic E-state index is -0.0733. The van der Waals surface area contributed by atoms with E-state index >= 15 is 0 Å². The molecule has 21 heavy (non-hydrogen) atoms. The standard InChI is InChI=1S/C16H21BrN2O2/c1-2-3-8-21-9-4-7-18-16(20)15-11-12-10-13(17)5-6-14(12)19-15/h5-6,10-11,19H,2-4,7-9H2,1H3,(H,18,20). The Kier molecular flexibility index (Phi) is 6.26. The van der Waals surface area contributed by atoms with E-state index in [9.17, 15) is 4.79 Å². The summed E-state index contributed by atoms with van der Waals surface area (Å²) in [5.74, 6) is -0.0733. The van der Waals surface area contributed by atoms with E-state index in [1.165, 1.54) is 0 Å². The van der Waals surface area contributed by atoms with Crippen molar-refractivity contribution in [2.75, 3.05) is 19.8 Å². The lowest BCUT2D eigenvalue weighted by molar-refractivity contribution is 0.0936. The third-order valence-corrected chi connectivity index (χ3v) is 3.71. The summed E-state index contributed by atoms with van der Waals surface area (Å²) in [5, 5.41) is 3.93. The molecule has 0 atom stereocenters. The highest BCUT2D eigenvalue weighted by Crippen LogP contribution is 2.20. The van der Waals surface area contributed by atoms with Crippen LogP contribution < -0.4 is 5.32 Å². The third-order valence-electron chi connectivity index (χ3n) is 3.22. The summed E-state index contributed by atoms with van der Waals surface area (Å²) >= 11 is 3.43. The Morgan fingerprint density at radius 1 is 1.29 bits per heavy atom. The SMILES string of the molecule is CCCCOCCCNC(=O)c1cc2cc(Br)ccc2[nH]1. The van der Waals surface area contributed by atoms with E-state index in [0.717, 1.165) is 41.2 Å². The summed E-state index contributed by atoms with van der Waals surface area (Å²) in [6.45, 7) is 4.27. The second-order valence-corrected chi connectivity index (χ2v) is 5.91. The van der Waals surface area contributed by atoms with Crippen LogP contribution in [0.15, 0.2) is 28.7 Å². The summed E-state index contributed by atoms with van der Waals surface area (Å²) in [6, 6.07) is 7.77. The molecular weight excluding hydrogens is 332 g/mol. The van der Waals surface area contributed by atoms with Gasteiger partial charge in [0.1, 0.15) is 5.69 Å². The highest BCUT2D eigenvalue weighted by Gasteiger charge is 2.08. The molecule has 0 radical (unpaired) electrons. The zero-order valence-corrected chi connectivity index (χ0v) is 13.8. The molecule has 0 aliphatic rings. The van der Waals surface area contributed by atoms with Crippen molar-refractivity contribution in [1.82, 2.24) is 10.3 Å². The second-order valence-electron chi connectivity index (χ2n) is 4.99. The van der Waals surface area contributed by atoms with Crippen LogP contribution in [0.4, 0.5) is 0 Å².